The highest BCUT2D eigenvalue weighted by Gasteiger charge is 2.31. The van der Waals surface area contributed by atoms with Gasteiger partial charge in [0, 0.05) is 30.9 Å². The predicted octanol–water partition coefficient (Wildman–Crippen LogP) is 4.92. The minimum Gasteiger partial charge on any atom is -0.371 e. The van der Waals surface area contributed by atoms with E-state index < -0.39 is 23.4 Å². The fraction of sp³-hybridized carbons (Fsp3) is 0.455. The molecule has 1 heterocycles. The van der Waals surface area contributed by atoms with Crippen LogP contribution in [0.2, 0.25) is 0 Å². The lowest BCUT2D eigenvalue weighted by molar-refractivity contribution is -0.137. The molecule has 0 amide bonds. The lowest BCUT2D eigenvalue weighted by Gasteiger charge is -2.34. The van der Waals surface area contributed by atoms with Gasteiger partial charge >= 0.3 is 6.18 Å². The number of hydrogen-bond donors (Lipinski definition) is 2. The first-order chi connectivity index (χ1) is 14.2. The molecule has 0 radical (unpaired) electrons. The van der Waals surface area contributed by atoms with Crippen molar-refractivity contribution < 1.29 is 22.0 Å². The summed E-state index contributed by atoms with van der Waals surface area (Å²) in [6, 6.07) is 9.36. The van der Waals surface area contributed by atoms with Gasteiger partial charge in [0.2, 0.25) is 0 Å². The molecule has 0 spiro atoms. The summed E-state index contributed by atoms with van der Waals surface area (Å²) >= 11 is 0. The molecule has 3 N–H and O–H groups in total. The largest absolute Gasteiger partial charge is 0.416 e. The van der Waals surface area contributed by atoms with Gasteiger partial charge in [-0.3, -0.25) is 0 Å². The van der Waals surface area contributed by atoms with Gasteiger partial charge in [-0.1, -0.05) is 12.1 Å². The molecule has 1 atom stereocenters. The van der Waals surface area contributed by atoms with Gasteiger partial charge in [-0.2, -0.15) is 13.2 Å². The predicted molar refractivity (Wildman–Crippen MR) is 115 cm³/mol. The molecular weight excluding hydrogens is 437 g/mol. The summed E-state index contributed by atoms with van der Waals surface area (Å²) in [6.45, 7) is 2.05. The van der Waals surface area contributed by atoms with Crippen molar-refractivity contribution in [3.63, 3.8) is 0 Å². The summed E-state index contributed by atoms with van der Waals surface area (Å²) in [5.41, 5.74) is 6.73. The third kappa shape index (κ3) is 7.33. The topological polar surface area (TPSA) is 41.3 Å². The third-order valence-electron chi connectivity index (χ3n) is 5.46. The number of rotatable bonds is 7. The van der Waals surface area contributed by atoms with Crippen molar-refractivity contribution in [2.75, 3.05) is 24.5 Å². The minimum atomic E-state index is -4.34. The molecule has 2 aromatic carbocycles. The molecule has 9 heteroatoms. The monoisotopic (exact) mass is 463 g/mol. The molecule has 0 aliphatic carbocycles. The molecule has 172 valence electrons. The first-order valence-electron chi connectivity index (χ1n) is 10.1. The van der Waals surface area contributed by atoms with E-state index in [1.54, 1.807) is 6.07 Å². The van der Waals surface area contributed by atoms with Gasteiger partial charge < -0.3 is 16.0 Å². The summed E-state index contributed by atoms with van der Waals surface area (Å²) in [7, 11) is 0. The van der Waals surface area contributed by atoms with E-state index in [0.29, 0.717) is 43.7 Å². The molecule has 3 nitrogen and oxygen atoms in total. The Morgan fingerprint density at radius 3 is 2.39 bits per heavy atom. The normalized spacial score (nSPS) is 16.1. The van der Waals surface area contributed by atoms with Crippen LogP contribution in [0.4, 0.5) is 27.6 Å². The van der Waals surface area contributed by atoms with Crippen LogP contribution in [0.1, 0.15) is 30.4 Å². The van der Waals surface area contributed by atoms with Gasteiger partial charge in [-0.15, -0.1) is 12.4 Å². The van der Waals surface area contributed by atoms with E-state index in [4.69, 9.17) is 5.73 Å². The quantitative estimate of drug-likeness (QED) is 0.572. The maximum atomic E-state index is 13.3. The fourth-order valence-corrected chi connectivity index (χ4v) is 3.77. The second kappa shape index (κ2) is 11.1. The molecular formula is C22H27ClF5N3. The molecule has 1 aliphatic heterocycles. The third-order valence-corrected chi connectivity index (χ3v) is 5.46. The Morgan fingerprint density at radius 1 is 1.03 bits per heavy atom. The molecule has 3 rings (SSSR count). The number of nitrogens with zero attached hydrogens (tertiary/aromatic N) is 1. The van der Waals surface area contributed by atoms with Crippen molar-refractivity contribution in [1.82, 2.24) is 5.32 Å². The van der Waals surface area contributed by atoms with E-state index in [-0.39, 0.29) is 24.5 Å². The number of nitrogens with two attached hydrogens (primary N) is 1. The van der Waals surface area contributed by atoms with Crippen LogP contribution >= 0.6 is 12.4 Å². The Balaban J connectivity index is 0.00000341. The Bertz CT molecular complexity index is 838. The first-order valence-corrected chi connectivity index (χ1v) is 10.1. The summed E-state index contributed by atoms with van der Waals surface area (Å²) in [4.78, 5) is 1.97. The van der Waals surface area contributed by atoms with Crippen LogP contribution < -0.4 is 16.0 Å². The van der Waals surface area contributed by atoms with Crippen LogP contribution in [-0.2, 0) is 12.6 Å². The van der Waals surface area contributed by atoms with Gasteiger partial charge in [0.25, 0.3) is 0 Å². The molecule has 0 bridgehead atoms. The first kappa shape index (κ1) is 25.4. The van der Waals surface area contributed by atoms with E-state index in [1.807, 2.05) is 4.90 Å². The zero-order valence-electron chi connectivity index (χ0n) is 17.0. The Hall–Kier alpha value is -1.90. The van der Waals surface area contributed by atoms with Gasteiger partial charge in [-0.05, 0) is 68.1 Å². The Morgan fingerprint density at radius 2 is 1.74 bits per heavy atom. The zero-order chi connectivity index (χ0) is 21.7. The maximum absolute atomic E-state index is 13.3. The second-order valence-corrected chi connectivity index (χ2v) is 7.76. The van der Waals surface area contributed by atoms with Crippen molar-refractivity contribution >= 4 is 18.1 Å². The van der Waals surface area contributed by atoms with E-state index >= 15 is 0 Å². The number of benzene rings is 2. The molecule has 0 aromatic heterocycles. The lowest BCUT2D eigenvalue weighted by Crippen LogP contribution is -2.43. The highest BCUT2D eigenvalue weighted by atomic mass is 35.5. The van der Waals surface area contributed by atoms with Crippen molar-refractivity contribution in [2.24, 2.45) is 5.73 Å². The van der Waals surface area contributed by atoms with Crippen LogP contribution in [0.5, 0.6) is 0 Å². The number of anilines is 1. The molecule has 1 saturated heterocycles. The van der Waals surface area contributed by atoms with Gasteiger partial charge in [0.05, 0.1) is 5.56 Å². The zero-order valence-corrected chi connectivity index (χ0v) is 17.8. The Labute approximate surface area is 185 Å². The van der Waals surface area contributed by atoms with E-state index in [2.05, 4.69) is 5.32 Å². The van der Waals surface area contributed by atoms with Crippen molar-refractivity contribution in [3.8, 4) is 0 Å². The van der Waals surface area contributed by atoms with Crippen LogP contribution in [0.3, 0.4) is 0 Å². The van der Waals surface area contributed by atoms with Crippen LogP contribution in [0.25, 0.3) is 0 Å². The highest BCUT2D eigenvalue weighted by Crippen LogP contribution is 2.32. The maximum Gasteiger partial charge on any atom is 0.416 e. The van der Waals surface area contributed by atoms with Crippen molar-refractivity contribution in [3.05, 3.63) is 65.2 Å². The van der Waals surface area contributed by atoms with Gasteiger partial charge in [-0.25, -0.2) is 8.78 Å². The highest BCUT2D eigenvalue weighted by molar-refractivity contribution is 5.85. The number of piperidine rings is 1. The second-order valence-electron chi connectivity index (χ2n) is 7.76. The van der Waals surface area contributed by atoms with Gasteiger partial charge in [0.1, 0.15) is 0 Å². The van der Waals surface area contributed by atoms with E-state index in [9.17, 15) is 22.0 Å². The average Bonchev–Trinajstić information content (AvgIpc) is 2.71. The van der Waals surface area contributed by atoms with Crippen LogP contribution in [-0.4, -0.2) is 31.7 Å². The number of halogens is 6. The molecule has 1 aliphatic rings. The average molecular weight is 464 g/mol. The summed E-state index contributed by atoms with van der Waals surface area (Å²) in [6.07, 6.45) is -1.53. The summed E-state index contributed by atoms with van der Waals surface area (Å²) < 4.78 is 65.0. The lowest BCUT2D eigenvalue weighted by atomic mass is 10.0. The van der Waals surface area contributed by atoms with E-state index in [1.165, 1.54) is 24.3 Å². The molecule has 2 aromatic rings. The number of nitrogens with one attached hydrogen (secondary N) is 1. The van der Waals surface area contributed by atoms with Crippen molar-refractivity contribution in [2.45, 2.75) is 43.9 Å². The molecule has 0 saturated carbocycles. The fourth-order valence-electron chi connectivity index (χ4n) is 3.77. The summed E-state index contributed by atoms with van der Waals surface area (Å²) in [5.74, 6) is -1.74. The van der Waals surface area contributed by atoms with Crippen LogP contribution in [0.15, 0.2) is 42.5 Å². The smallest absolute Gasteiger partial charge is 0.371 e. The Kier molecular flexibility index (Phi) is 9.09. The van der Waals surface area contributed by atoms with E-state index in [0.717, 1.165) is 25.0 Å². The minimum absolute atomic E-state index is 0. The standard InChI is InChI=1S/C22H26F5N3.ClH/c23-20-5-4-15(13-21(20)24)12-17(28)6-9-29-18-7-10-30(11-8-18)19-3-1-2-16(14-19)22(25,26)27;/h1-5,13-14,17-18,29H,6-12,28H2;1H/t17-;/m0./s1. The van der Waals surface area contributed by atoms with Crippen molar-refractivity contribution in [1.29, 1.82) is 0 Å². The molecule has 0 unspecified atom stereocenters. The van der Waals surface area contributed by atoms with Crippen LogP contribution in [0, 0.1) is 11.6 Å². The number of hydrogen-bond acceptors (Lipinski definition) is 3. The summed E-state index contributed by atoms with van der Waals surface area (Å²) in [5, 5.41) is 3.45. The SMILES string of the molecule is Cl.N[C@@H](CCNC1CCN(c2cccc(C(F)(F)F)c2)CC1)Cc1ccc(F)c(F)c1. The molecule has 31 heavy (non-hydrogen) atoms. The number of alkyl halides is 3. The molecule has 1 fully saturated rings. The van der Waals surface area contributed by atoms with Gasteiger partial charge in [0.15, 0.2) is 11.6 Å².